The Kier molecular flexibility index (Phi) is 18.5. The molecular formula is C44H88N3+3. The number of nitrogens with zero attached hydrogens (tertiary/aromatic N) is 3. The number of hydrogen-bond donors (Lipinski definition) is 0. The van der Waals surface area contributed by atoms with E-state index in [0.29, 0.717) is 0 Å². The molecule has 0 aromatic heterocycles. The zero-order valence-corrected chi connectivity index (χ0v) is 32.9. The summed E-state index contributed by atoms with van der Waals surface area (Å²) in [6.45, 7) is 20.5. The largest absolute Gasteiger partial charge is 0.321 e. The first-order valence-corrected chi connectivity index (χ1v) is 22.7. The Morgan fingerprint density at radius 2 is 0.553 bits per heavy atom. The molecule has 0 radical (unpaired) electrons. The lowest BCUT2D eigenvalue weighted by Gasteiger charge is -2.43. The van der Waals surface area contributed by atoms with Gasteiger partial charge in [0.1, 0.15) is 0 Å². The molecule has 0 atom stereocenters. The monoisotopic (exact) mass is 659 g/mol. The average Bonchev–Trinajstić information content (AvgIpc) is 3.84. The van der Waals surface area contributed by atoms with Crippen molar-refractivity contribution < 1.29 is 13.4 Å². The van der Waals surface area contributed by atoms with Gasteiger partial charge in [0.25, 0.3) is 0 Å². The van der Waals surface area contributed by atoms with Gasteiger partial charge >= 0.3 is 0 Å². The average molecular weight is 659 g/mol. The Morgan fingerprint density at radius 3 is 0.830 bits per heavy atom. The van der Waals surface area contributed by atoms with Crippen LogP contribution < -0.4 is 0 Å². The van der Waals surface area contributed by atoms with E-state index in [4.69, 9.17) is 0 Å². The van der Waals surface area contributed by atoms with Crippen LogP contribution in [0.4, 0.5) is 0 Å². The molecule has 6 rings (SSSR count). The number of rotatable bonds is 11. The quantitative estimate of drug-likeness (QED) is 0.153. The molecule has 0 aromatic rings. The van der Waals surface area contributed by atoms with Crippen LogP contribution in [-0.2, 0) is 0 Å². The summed E-state index contributed by atoms with van der Waals surface area (Å²) in [7, 11) is 0. The smallest absolute Gasteiger partial charge is 0.0890 e. The topological polar surface area (TPSA) is 0 Å². The van der Waals surface area contributed by atoms with Gasteiger partial charge in [0.05, 0.1) is 77.0 Å². The maximum atomic E-state index is 2.37. The lowest BCUT2D eigenvalue weighted by atomic mass is 9.92. The second-order valence-corrected chi connectivity index (χ2v) is 17.9. The van der Waals surface area contributed by atoms with Crippen LogP contribution >= 0.6 is 0 Å². The van der Waals surface area contributed by atoms with Crippen molar-refractivity contribution in [2.45, 2.75) is 225 Å². The highest BCUT2D eigenvalue weighted by atomic mass is 15.4. The fraction of sp³-hybridized carbons (Fsp3) is 1.00. The molecule has 276 valence electrons. The molecule has 0 aromatic carbocycles. The van der Waals surface area contributed by atoms with Crippen LogP contribution in [0.2, 0.25) is 0 Å². The summed E-state index contributed by atoms with van der Waals surface area (Å²) >= 11 is 0. The molecule has 3 heterocycles. The number of quaternary nitrogens is 3. The van der Waals surface area contributed by atoms with Crippen molar-refractivity contribution >= 4 is 0 Å². The minimum Gasteiger partial charge on any atom is -0.321 e. The summed E-state index contributed by atoms with van der Waals surface area (Å²) in [5.74, 6) is 0. The maximum Gasteiger partial charge on any atom is 0.0890 e. The number of hydrogen-bond acceptors (Lipinski definition) is 0. The molecule has 47 heavy (non-hydrogen) atoms. The fourth-order valence-corrected chi connectivity index (χ4v) is 12.0. The van der Waals surface area contributed by atoms with Crippen molar-refractivity contribution in [3.8, 4) is 0 Å². The molecule has 0 N–H and O–H groups in total. The van der Waals surface area contributed by atoms with Gasteiger partial charge in [0.15, 0.2) is 0 Å². The molecule has 6 fully saturated rings. The van der Waals surface area contributed by atoms with Crippen LogP contribution in [0.3, 0.4) is 0 Å². The predicted octanol–water partition coefficient (Wildman–Crippen LogP) is 12.0. The number of likely N-dealkylation sites (tertiary alicyclic amines) is 3. The van der Waals surface area contributed by atoms with Gasteiger partial charge < -0.3 is 13.4 Å². The maximum absolute atomic E-state index is 2.37. The van der Waals surface area contributed by atoms with Crippen molar-refractivity contribution in [1.29, 1.82) is 0 Å². The van der Waals surface area contributed by atoms with Gasteiger partial charge in [-0.25, -0.2) is 0 Å². The second-order valence-electron chi connectivity index (χ2n) is 17.9. The van der Waals surface area contributed by atoms with Gasteiger partial charge in [-0.15, -0.1) is 0 Å². The summed E-state index contributed by atoms with van der Waals surface area (Å²) in [6.07, 6.45) is 43.3. The molecule has 3 saturated carbocycles. The van der Waals surface area contributed by atoms with Gasteiger partial charge in [-0.3, -0.25) is 0 Å². The summed E-state index contributed by atoms with van der Waals surface area (Å²) in [4.78, 5) is 0. The summed E-state index contributed by atoms with van der Waals surface area (Å²) in [6, 6.07) is 3.12. The molecule has 0 amide bonds. The van der Waals surface area contributed by atoms with Gasteiger partial charge in [0, 0.05) is 38.5 Å². The van der Waals surface area contributed by atoms with E-state index in [1.807, 2.05) is 0 Å². The summed E-state index contributed by atoms with van der Waals surface area (Å²) in [5.41, 5.74) is 0. The standard InChI is InChI=1S/C16H32N.2C14H28N/c1-2-3-13-17(14-9-10-15-17)16-11-7-5-4-6-8-12-16;1-2-11-15(12-7-8-13-15)14-9-5-3-4-6-10-14;1-2-3-11-15(12-7-8-13-15)14-9-5-4-6-10-14/h16H,2-15H2,1H3;2*14H,2-13H2,1H3/q3*+1. The van der Waals surface area contributed by atoms with Crippen LogP contribution in [0.5, 0.6) is 0 Å². The van der Waals surface area contributed by atoms with Gasteiger partial charge in [-0.1, -0.05) is 72.1 Å². The lowest BCUT2D eigenvalue weighted by molar-refractivity contribution is -0.941. The number of unbranched alkanes of at least 4 members (excludes halogenated alkanes) is 2. The Bertz CT molecular complexity index is 743. The SMILES string of the molecule is CCCC[N+]1(C2CCCCC2)CCCC1.CCCC[N+]1(C2CCCCCCC2)CCCC1.CCC[N+]1(C2CCCCCC2)CCCC1. The van der Waals surface area contributed by atoms with Crippen molar-refractivity contribution in [3.63, 3.8) is 0 Å². The third kappa shape index (κ3) is 12.0. The van der Waals surface area contributed by atoms with Gasteiger partial charge in [-0.2, -0.15) is 0 Å². The Labute approximate surface area is 296 Å². The van der Waals surface area contributed by atoms with Crippen molar-refractivity contribution in [1.82, 2.24) is 0 Å². The third-order valence-electron chi connectivity index (χ3n) is 14.8. The second kappa shape index (κ2) is 22.0. The highest BCUT2D eigenvalue weighted by molar-refractivity contribution is 4.72. The molecule has 3 saturated heterocycles. The zero-order chi connectivity index (χ0) is 33.1. The van der Waals surface area contributed by atoms with E-state index >= 15 is 0 Å². The zero-order valence-electron chi connectivity index (χ0n) is 32.9. The van der Waals surface area contributed by atoms with E-state index in [-0.39, 0.29) is 0 Å². The minimum atomic E-state index is 1.03. The first-order valence-electron chi connectivity index (χ1n) is 22.7. The van der Waals surface area contributed by atoms with Crippen LogP contribution in [-0.4, -0.2) is 90.5 Å². The fourth-order valence-electron chi connectivity index (χ4n) is 12.0. The molecule has 3 heteroatoms. The first kappa shape index (κ1) is 39.7. The van der Waals surface area contributed by atoms with Crippen molar-refractivity contribution in [2.24, 2.45) is 0 Å². The Morgan fingerprint density at radius 1 is 0.298 bits per heavy atom. The van der Waals surface area contributed by atoms with Gasteiger partial charge in [-0.05, 0) is 96.3 Å². The van der Waals surface area contributed by atoms with Crippen LogP contribution in [0, 0.1) is 0 Å². The van der Waals surface area contributed by atoms with Crippen LogP contribution in [0.1, 0.15) is 207 Å². The molecule has 3 aliphatic heterocycles. The van der Waals surface area contributed by atoms with Gasteiger partial charge in [0.2, 0.25) is 0 Å². The third-order valence-corrected chi connectivity index (χ3v) is 14.8. The van der Waals surface area contributed by atoms with E-state index in [1.54, 1.807) is 0 Å². The minimum absolute atomic E-state index is 1.03. The van der Waals surface area contributed by atoms with Crippen LogP contribution in [0.25, 0.3) is 0 Å². The highest BCUT2D eigenvalue weighted by Gasteiger charge is 2.41. The van der Waals surface area contributed by atoms with E-state index in [0.717, 1.165) is 18.1 Å². The summed E-state index contributed by atoms with van der Waals surface area (Å²) in [5, 5.41) is 0. The lowest BCUT2D eigenvalue weighted by Crippen LogP contribution is -2.54. The van der Waals surface area contributed by atoms with E-state index in [1.165, 1.54) is 259 Å². The Balaban J connectivity index is 0.000000160. The molecular weight excluding hydrogens is 571 g/mol. The van der Waals surface area contributed by atoms with Crippen molar-refractivity contribution in [2.75, 3.05) is 58.9 Å². The predicted molar refractivity (Wildman–Crippen MR) is 207 cm³/mol. The molecule has 0 unspecified atom stereocenters. The highest BCUT2D eigenvalue weighted by Crippen LogP contribution is 2.35. The normalized spacial score (nSPS) is 27.1. The molecule has 3 nitrogen and oxygen atoms in total. The molecule has 0 spiro atoms. The summed E-state index contributed by atoms with van der Waals surface area (Å²) < 4.78 is 4.55. The van der Waals surface area contributed by atoms with E-state index in [2.05, 4.69) is 20.8 Å². The van der Waals surface area contributed by atoms with E-state index < -0.39 is 0 Å². The molecule has 3 aliphatic carbocycles. The first-order chi connectivity index (χ1) is 23.1. The van der Waals surface area contributed by atoms with Crippen molar-refractivity contribution in [3.05, 3.63) is 0 Å². The Hall–Kier alpha value is -0.120. The van der Waals surface area contributed by atoms with E-state index in [9.17, 15) is 0 Å². The van der Waals surface area contributed by atoms with Crippen LogP contribution in [0.15, 0.2) is 0 Å². The molecule has 0 bridgehead atoms. The molecule has 6 aliphatic rings.